The summed E-state index contributed by atoms with van der Waals surface area (Å²) >= 11 is 0. The largest absolute Gasteiger partial charge is 0.468 e. The SMILES string of the molecule is CCc1nc2nc(C)c(Cc3ccc(S(=O)(=O)N(C)C4(C(=O)OC)CCCCC4)cc3)c(C)c2[nH]1. The maximum absolute atomic E-state index is 13.5. The summed E-state index contributed by atoms with van der Waals surface area (Å²) < 4.78 is 33.3. The molecule has 1 fully saturated rings. The lowest BCUT2D eigenvalue weighted by Crippen LogP contribution is -2.56. The van der Waals surface area contributed by atoms with Gasteiger partial charge in [-0.15, -0.1) is 0 Å². The number of fused-ring (bicyclic) bond motifs is 1. The van der Waals surface area contributed by atoms with Crippen LogP contribution in [0.15, 0.2) is 29.2 Å². The number of carbonyl (C=O) groups excluding carboxylic acids is 1. The van der Waals surface area contributed by atoms with Crippen LogP contribution in [0.1, 0.15) is 67.2 Å². The molecule has 1 saturated carbocycles. The number of benzene rings is 1. The summed E-state index contributed by atoms with van der Waals surface area (Å²) in [6.07, 6.45) is 4.94. The van der Waals surface area contributed by atoms with E-state index < -0.39 is 21.5 Å². The van der Waals surface area contributed by atoms with Crippen LogP contribution >= 0.6 is 0 Å². The molecule has 1 N–H and O–H groups in total. The van der Waals surface area contributed by atoms with Gasteiger partial charge in [0.05, 0.1) is 17.5 Å². The molecule has 0 atom stereocenters. The van der Waals surface area contributed by atoms with Crippen molar-refractivity contribution in [1.82, 2.24) is 19.3 Å². The summed E-state index contributed by atoms with van der Waals surface area (Å²) in [4.78, 5) is 25.5. The van der Waals surface area contributed by atoms with E-state index in [1.165, 1.54) is 18.5 Å². The van der Waals surface area contributed by atoms with Crippen molar-refractivity contribution in [3.8, 4) is 0 Å². The second-order valence-corrected chi connectivity index (χ2v) is 11.4. The molecule has 0 aliphatic heterocycles. The predicted octanol–water partition coefficient (Wildman–Crippen LogP) is 4.22. The molecule has 0 saturated heterocycles. The molecule has 0 amide bonds. The van der Waals surface area contributed by atoms with Crippen LogP contribution in [0.3, 0.4) is 0 Å². The van der Waals surface area contributed by atoms with Gasteiger partial charge in [-0.1, -0.05) is 38.3 Å². The number of aryl methyl sites for hydroxylation is 3. The number of imidazole rings is 1. The standard InChI is InChI=1S/C26H34N4O4S/c1-6-22-28-23-17(2)21(18(3)27-24(23)29-22)16-19-10-12-20(13-11-19)35(32,33)30(4)26(25(31)34-5)14-8-7-9-15-26/h10-13H,6-9,14-16H2,1-5H3,(H,27,28,29). The van der Waals surface area contributed by atoms with Crippen LogP contribution in [0.5, 0.6) is 0 Å². The Morgan fingerprint density at radius 3 is 2.37 bits per heavy atom. The number of pyridine rings is 1. The lowest BCUT2D eigenvalue weighted by atomic mass is 9.82. The van der Waals surface area contributed by atoms with Crippen LogP contribution in [0, 0.1) is 13.8 Å². The average Bonchev–Trinajstić information content (AvgIpc) is 3.29. The third-order valence-corrected chi connectivity index (χ3v) is 9.36. The number of nitrogens with zero attached hydrogens (tertiary/aromatic N) is 3. The lowest BCUT2D eigenvalue weighted by Gasteiger charge is -2.40. The van der Waals surface area contributed by atoms with Crippen LogP contribution in [-0.4, -0.2) is 53.3 Å². The van der Waals surface area contributed by atoms with E-state index in [0.717, 1.165) is 65.1 Å². The van der Waals surface area contributed by atoms with Crippen molar-refractivity contribution in [3.05, 3.63) is 52.5 Å². The molecule has 35 heavy (non-hydrogen) atoms. The Balaban J connectivity index is 1.62. The first-order chi connectivity index (χ1) is 16.6. The number of esters is 1. The Labute approximate surface area is 207 Å². The first-order valence-electron chi connectivity index (χ1n) is 12.1. The Morgan fingerprint density at radius 2 is 1.77 bits per heavy atom. The highest BCUT2D eigenvalue weighted by Gasteiger charge is 2.49. The van der Waals surface area contributed by atoms with Gasteiger partial charge in [0.1, 0.15) is 11.4 Å². The van der Waals surface area contributed by atoms with E-state index in [-0.39, 0.29) is 4.90 Å². The van der Waals surface area contributed by atoms with Gasteiger partial charge in [-0.05, 0) is 61.9 Å². The van der Waals surface area contributed by atoms with E-state index in [4.69, 9.17) is 4.74 Å². The Morgan fingerprint density at radius 1 is 1.11 bits per heavy atom. The summed E-state index contributed by atoms with van der Waals surface area (Å²) in [5.74, 6) is 0.423. The van der Waals surface area contributed by atoms with Crippen molar-refractivity contribution >= 4 is 27.2 Å². The number of aromatic nitrogens is 3. The monoisotopic (exact) mass is 498 g/mol. The molecule has 2 heterocycles. The van der Waals surface area contributed by atoms with Gasteiger partial charge in [-0.3, -0.25) is 4.79 Å². The van der Waals surface area contributed by atoms with E-state index in [1.54, 1.807) is 12.1 Å². The topological polar surface area (TPSA) is 105 Å². The number of carbonyl (C=O) groups is 1. The number of hydrogen-bond donors (Lipinski definition) is 1. The number of hydrogen-bond acceptors (Lipinski definition) is 6. The van der Waals surface area contributed by atoms with E-state index in [9.17, 15) is 13.2 Å². The second-order valence-electron chi connectivity index (χ2n) is 9.41. The fourth-order valence-electron chi connectivity index (χ4n) is 5.18. The number of rotatable bonds is 7. The van der Waals surface area contributed by atoms with E-state index in [2.05, 4.69) is 28.8 Å². The molecule has 1 aliphatic carbocycles. The van der Waals surface area contributed by atoms with Gasteiger partial charge in [0, 0.05) is 19.2 Å². The van der Waals surface area contributed by atoms with Crippen LogP contribution < -0.4 is 0 Å². The summed E-state index contributed by atoms with van der Waals surface area (Å²) in [7, 11) is -1.07. The fourth-order valence-corrected chi connectivity index (χ4v) is 6.69. The van der Waals surface area contributed by atoms with Crippen LogP contribution in [0.4, 0.5) is 0 Å². The summed E-state index contributed by atoms with van der Waals surface area (Å²) in [6, 6.07) is 6.91. The van der Waals surface area contributed by atoms with Gasteiger partial charge in [0.15, 0.2) is 5.65 Å². The lowest BCUT2D eigenvalue weighted by molar-refractivity contribution is -0.153. The molecule has 2 aromatic heterocycles. The molecule has 0 bridgehead atoms. The van der Waals surface area contributed by atoms with Crippen molar-refractivity contribution in [1.29, 1.82) is 0 Å². The maximum Gasteiger partial charge on any atom is 0.327 e. The van der Waals surface area contributed by atoms with Crippen molar-refractivity contribution < 1.29 is 17.9 Å². The minimum Gasteiger partial charge on any atom is -0.468 e. The first-order valence-corrected chi connectivity index (χ1v) is 13.6. The van der Waals surface area contributed by atoms with Gasteiger partial charge in [-0.2, -0.15) is 4.31 Å². The summed E-state index contributed by atoms with van der Waals surface area (Å²) in [6.45, 7) is 6.09. The number of H-pyrrole nitrogens is 1. The smallest absolute Gasteiger partial charge is 0.327 e. The maximum atomic E-state index is 13.5. The number of sulfonamides is 1. The molecule has 9 heteroatoms. The van der Waals surface area contributed by atoms with Crippen molar-refractivity contribution in [2.75, 3.05) is 14.2 Å². The van der Waals surface area contributed by atoms with Gasteiger partial charge >= 0.3 is 5.97 Å². The number of likely N-dealkylation sites (N-methyl/N-ethyl adjacent to an activating group) is 1. The highest BCUT2D eigenvalue weighted by atomic mass is 32.2. The second kappa shape index (κ2) is 9.70. The Bertz CT molecular complexity index is 1340. The van der Waals surface area contributed by atoms with Crippen LogP contribution in [-0.2, 0) is 32.4 Å². The predicted molar refractivity (Wildman–Crippen MR) is 135 cm³/mol. The molecule has 0 unspecified atom stereocenters. The van der Waals surface area contributed by atoms with E-state index in [1.807, 2.05) is 19.1 Å². The number of aromatic amines is 1. The van der Waals surface area contributed by atoms with Gasteiger partial charge in [-0.25, -0.2) is 18.4 Å². The van der Waals surface area contributed by atoms with Crippen molar-refractivity contribution in [3.63, 3.8) is 0 Å². The Hall–Kier alpha value is -2.78. The molecular formula is C26H34N4O4S. The molecule has 1 aromatic carbocycles. The zero-order chi connectivity index (χ0) is 25.4. The van der Waals surface area contributed by atoms with Crippen LogP contribution in [0.2, 0.25) is 0 Å². The third-order valence-electron chi connectivity index (χ3n) is 7.42. The fraction of sp³-hybridized carbons (Fsp3) is 0.500. The zero-order valence-electron chi connectivity index (χ0n) is 21.1. The molecule has 0 spiro atoms. The summed E-state index contributed by atoms with van der Waals surface area (Å²) in [5.41, 5.74) is 4.63. The van der Waals surface area contributed by atoms with E-state index in [0.29, 0.717) is 19.3 Å². The minimum atomic E-state index is -3.88. The Kier molecular flexibility index (Phi) is 7.02. The quantitative estimate of drug-likeness (QED) is 0.489. The molecule has 0 radical (unpaired) electrons. The minimum absolute atomic E-state index is 0.167. The summed E-state index contributed by atoms with van der Waals surface area (Å²) in [5, 5.41) is 0. The molecule has 8 nitrogen and oxygen atoms in total. The number of ether oxygens (including phenoxy) is 1. The van der Waals surface area contributed by atoms with Gasteiger partial charge in [0.25, 0.3) is 0 Å². The number of methoxy groups -OCH3 is 1. The van der Waals surface area contributed by atoms with Crippen molar-refractivity contribution in [2.45, 2.75) is 76.2 Å². The normalized spacial score (nSPS) is 16.1. The van der Waals surface area contributed by atoms with E-state index >= 15 is 0 Å². The van der Waals surface area contributed by atoms with Crippen LogP contribution in [0.25, 0.3) is 11.2 Å². The van der Waals surface area contributed by atoms with Gasteiger partial charge in [0.2, 0.25) is 10.0 Å². The highest BCUT2D eigenvalue weighted by molar-refractivity contribution is 7.89. The van der Waals surface area contributed by atoms with Crippen molar-refractivity contribution in [2.24, 2.45) is 0 Å². The molecule has 4 rings (SSSR count). The molecule has 188 valence electrons. The third kappa shape index (κ3) is 4.47. The average molecular weight is 499 g/mol. The highest BCUT2D eigenvalue weighted by Crippen LogP contribution is 2.37. The molecule has 1 aliphatic rings. The molecule has 3 aromatic rings. The number of nitrogens with one attached hydrogen (secondary N) is 1. The first kappa shape index (κ1) is 25.3. The van der Waals surface area contributed by atoms with Gasteiger partial charge < -0.3 is 9.72 Å². The zero-order valence-corrected chi connectivity index (χ0v) is 22.0. The molecular weight excluding hydrogens is 464 g/mol.